The topological polar surface area (TPSA) is 45.0 Å². The van der Waals surface area contributed by atoms with Gasteiger partial charge in [-0.25, -0.2) is 4.39 Å². The molecular formula is C11H11FN2O. The van der Waals surface area contributed by atoms with Gasteiger partial charge in [-0.3, -0.25) is 0 Å². The zero-order chi connectivity index (χ0) is 10.7. The Morgan fingerprint density at radius 1 is 1.47 bits per heavy atom. The molecule has 1 fully saturated rings. The number of nitriles is 1. The highest BCUT2D eigenvalue weighted by atomic mass is 19.1. The Morgan fingerprint density at radius 3 is 2.73 bits per heavy atom. The second kappa shape index (κ2) is 3.87. The van der Waals surface area contributed by atoms with E-state index in [2.05, 4.69) is 11.4 Å². The van der Waals surface area contributed by atoms with Crippen LogP contribution in [0.25, 0.3) is 0 Å². The third-order valence-electron chi connectivity index (χ3n) is 2.48. The number of nitrogens with one attached hydrogen (secondary N) is 1. The second-order valence-electron chi connectivity index (χ2n) is 3.72. The molecule has 0 spiro atoms. The normalized spacial score (nSPS) is 17.6. The van der Waals surface area contributed by atoms with Crippen LogP contribution < -0.4 is 5.32 Å². The van der Waals surface area contributed by atoms with Crippen LogP contribution in [-0.2, 0) is 4.74 Å². The van der Waals surface area contributed by atoms with Crippen LogP contribution >= 0.6 is 0 Å². The van der Waals surface area contributed by atoms with E-state index in [1.165, 1.54) is 6.07 Å². The first-order valence-corrected chi connectivity index (χ1v) is 4.73. The molecule has 0 saturated carbocycles. The number of para-hydroxylation sites is 1. The lowest BCUT2D eigenvalue weighted by Gasteiger charge is -2.35. The molecule has 0 aromatic heterocycles. The third kappa shape index (κ3) is 1.92. The molecule has 1 aromatic rings. The molecule has 15 heavy (non-hydrogen) atoms. The van der Waals surface area contributed by atoms with E-state index >= 15 is 0 Å². The lowest BCUT2D eigenvalue weighted by atomic mass is 9.88. The molecule has 4 heteroatoms. The monoisotopic (exact) mass is 206 g/mol. The highest BCUT2D eigenvalue weighted by molar-refractivity contribution is 5.44. The van der Waals surface area contributed by atoms with Crippen LogP contribution in [0.3, 0.4) is 0 Å². The molecule has 1 aliphatic rings. The van der Waals surface area contributed by atoms with Crippen molar-refractivity contribution in [2.45, 2.75) is 0 Å². The molecule has 0 amide bonds. The van der Waals surface area contributed by atoms with Gasteiger partial charge in [0.25, 0.3) is 0 Å². The van der Waals surface area contributed by atoms with Crippen LogP contribution in [0.15, 0.2) is 24.3 Å². The SMILES string of the molecule is N#CC1(CNc2ccccc2F)COC1. The van der Waals surface area contributed by atoms with Crippen molar-refractivity contribution >= 4 is 5.69 Å². The molecule has 0 aliphatic carbocycles. The van der Waals surface area contributed by atoms with Crippen LogP contribution in [0, 0.1) is 22.6 Å². The van der Waals surface area contributed by atoms with E-state index in [1.807, 2.05) is 0 Å². The summed E-state index contributed by atoms with van der Waals surface area (Å²) in [7, 11) is 0. The molecule has 0 bridgehead atoms. The lowest BCUT2D eigenvalue weighted by Crippen LogP contribution is -2.46. The predicted octanol–water partition coefficient (Wildman–Crippen LogP) is 1.78. The van der Waals surface area contributed by atoms with Crippen LogP contribution in [-0.4, -0.2) is 19.8 Å². The van der Waals surface area contributed by atoms with E-state index in [-0.39, 0.29) is 5.82 Å². The van der Waals surface area contributed by atoms with Gasteiger partial charge < -0.3 is 10.1 Å². The number of rotatable bonds is 3. The summed E-state index contributed by atoms with van der Waals surface area (Å²) in [5.74, 6) is -0.300. The number of ether oxygens (including phenoxy) is 1. The van der Waals surface area contributed by atoms with Gasteiger partial charge in [-0.15, -0.1) is 0 Å². The van der Waals surface area contributed by atoms with Gasteiger partial charge in [-0.2, -0.15) is 5.26 Å². The van der Waals surface area contributed by atoms with Crippen LogP contribution in [0.4, 0.5) is 10.1 Å². The van der Waals surface area contributed by atoms with Gasteiger partial charge in [0.05, 0.1) is 25.0 Å². The maximum Gasteiger partial charge on any atom is 0.146 e. The van der Waals surface area contributed by atoms with E-state index in [1.54, 1.807) is 18.2 Å². The Bertz CT molecular complexity index is 396. The Balaban J connectivity index is 1.99. The van der Waals surface area contributed by atoms with Gasteiger partial charge in [0, 0.05) is 6.54 Å². The fraction of sp³-hybridized carbons (Fsp3) is 0.364. The molecule has 3 nitrogen and oxygen atoms in total. The predicted molar refractivity (Wildman–Crippen MR) is 53.8 cm³/mol. The summed E-state index contributed by atoms with van der Waals surface area (Å²) in [5.41, 5.74) is -0.0542. The quantitative estimate of drug-likeness (QED) is 0.819. The van der Waals surface area contributed by atoms with E-state index in [4.69, 9.17) is 10.00 Å². The summed E-state index contributed by atoms with van der Waals surface area (Å²) >= 11 is 0. The zero-order valence-corrected chi connectivity index (χ0v) is 8.16. The van der Waals surface area contributed by atoms with E-state index in [9.17, 15) is 4.39 Å². The van der Waals surface area contributed by atoms with Crippen molar-refractivity contribution < 1.29 is 9.13 Å². The number of hydrogen-bond acceptors (Lipinski definition) is 3. The summed E-state index contributed by atoms with van der Waals surface area (Å²) < 4.78 is 18.2. The molecule has 1 aromatic carbocycles. The van der Waals surface area contributed by atoms with Crippen molar-refractivity contribution in [3.8, 4) is 6.07 Å². The first-order valence-electron chi connectivity index (χ1n) is 4.73. The molecule has 1 N–H and O–H groups in total. The maximum absolute atomic E-state index is 13.2. The fourth-order valence-electron chi connectivity index (χ4n) is 1.42. The summed E-state index contributed by atoms with van der Waals surface area (Å²) in [6.45, 7) is 1.26. The van der Waals surface area contributed by atoms with Gasteiger partial charge in [-0.05, 0) is 12.1 Å². The first kappa shape index (κ1) is 9.94. The minimum Gasteiger partial charge on any atom is -0.381 e. The van der Waals surface area contributed by atoms with Gasteiger partial charge >= 0.3 is 0 Å². The lowest BCUT2D eigenvalue weighted by molar-refractivity contribution is -0.0690. The van der Waals surface area contributed by atoms with Crippen molar-refractivity contribution in [1.29, 1.82) is 5.26 Å². The zero-order valence-electron chi connectivity index (χ0n) is 8.16. The van der Waals surface area contributed by atoms with Crippen molar-refractivity contribution in [1.82, 2.24) is 0 Å². The second-order valence-corrected chi connectivity index (χ2v) is 3.72. The van der Waals surface area contributed by atoms with E-state index < -0.39 is 5.41 Å². The van der Waals surface area contributed by atoms with E-state index in [0.717, 1.165) is 0 Å². The molecule has 78 valence electrons. The Kier molecular flexibility index (Phi) is 2.57. The van der Waals surface area contributed by atoms with Gasteiger partial charge in [-0.1, -0.05) is 12.1 Å². The average Bonchev–Trinajstić information content (AvgIpc) is 2.19. The van der Waals surface area contributed by atoms with E-state index in [0.29, 0.717) is 25.4 Å². The fourth-order valence-corrected chi connectivity index (χ4v) is 1.42. The number of nitrogens with zero attached hydrogens (tertiary/aromatic N) is 1. The molecule has 0 unspecified atom stereocenters. The largest absolute Gasteiger partial charge is 0.381 e. The molecule has 2 rings (SSSR count). The van der Waals surface area contributed by atoms with Crippen LogP contribution in [0.1, 0.15) is 0 Å². The summed E-state index contributed by atoms with van der Waals surface area (Å²) in [4.78, 5) is 0. The maximum atomic E-state index is 13.2. The van der Waals surface area contributed by atoms with Crippen molar-refractivity contribution in [3.63, 3.8) is 0 Å². The Morgan fingerprint density at radius 2 is 2.20 bits per heavy atom. The summed E-state index contributed by atoms with van der Waals surface area (Å²) in [5, 5.41) is 11.8. The molecule has 1 heterocycles. The highest BCUT2D eigenvalue weighted by Crippen LogP contribution is 2.27. The van der Waals surface area contributed by atoms with Crippen molar-refractivity contribution in [2.24, 2.45) is 5.41 Å². The molecule has 1 aliphatic heterocycles. The van der Waals surface area contributed by atoms with Crippen molar-refractivity contribution in [3.05, 3.63) is 30.1 Å². The molecular weight excluding hydrogens is 195 g/mol. The van der Waals surface area contributed by atoms with Gasteiger partial charge in [0.15, 0.2) is 0 Å². The number of benzene rings is 1. The van der Waals surface area contributed by atoms with Gasteiger partial charge in [0.1, 0.15) is 11.2 Å². The standard InChI is InChI=1S/C11H11FN2O/c12-9-3-1-2-4-10(9)14-6-11(5-13)7-15-8-11/h1-4,14H,6-8H2. The Hall–Kier alpha value is -1.60. The number of halogens is 1. The van der Waals surface area contributed by atoms with Gasteiger partial charge in [0.2, 0.25) is 0 Å². The number of hydrogen-bond donors (Lipinski definition) is 1. The summed E-state index contributed by atoms with van der Waals surface area (Å²) in [6.07, 6.45) is 0. The Labute approximate surface area is 87.5 Å². The van der Waals surface area contributed by atoms with Crippen LogP contribution in [0.5, 0.6) is 0 Å². The minimum atomic E-state index is -0.484. The molecule has 0 radical (unpaired) electrons. The highest BCUT2D eigenvalue weighted by Gasteiger charge is 2.38. The summed E-state index contributed by atoms with van der Waals surface area (Å²) in [6, 6.07) is 8.62. The average molecular weight is 206 g/mol. The van der Waals surface area contributed by atoms with Crippen molar-refractivity contribution in [2.75, 3.05) is 25.1 Å². The smallest absolute Gasteiger partial charge is 0.146 e. The van der Waals surface area contributed by atoms with Crippen LogP contribution in [0.2, 0.25) is 0 Å². The minimum absolute atomic E-state index is 0.300. The molecule has 1 saturated heterocycles. The molecule has 0 atom stereocenters. The third-order valence-corrected chi connectivity index (χ3v) is 2.48. The number of anilines is 1. The first-order chi connectivity index (χ1) is 7.26.